The van der Waals surface area contributed by atoms with Crippen LogP contribution in [0.3, 0.4) is 0 Å². The quantitative estimate of drug-likeness (QED) is 0.464. The van der Waals surface area contributed by atoms with Gasteiger partial charge in [0.1, 0.15) is 11.6 Å². The molecule has 3 rings (SSSR count). The Labute approximate surface area is 202 Å². The van der Waals surface area contributed by atoms with Gasteiger partial charge in [-0.25, -0.2) is 14.8 Å². The number of piperidine rings is 1. The second-order valence-corrected chi connectivity index (χ2v) is 9.06. The monoisotopic (exact) mass is 464 g/mol. The van der Waals surface area contributed by atoms with E-state index < -0.39 is 0 Å². The molecule has 1 aromatic carbocycles. The lowest BCUT2D eigenvalue weighted by molar-refractivity contribution is 0.112. The van der Waals surface area contributed by atoms with Gasteiger partial charge in [-0.1, -0.05) is 29.9 Å². The SMILES string of the molecule is CC1=CCC=CC(N=C(N=C(C)N2CCCC(CNC(=O)OC(C)C)C2)c2ccccc2O)=C1. The average Bonchev–Trinajstić information content (AvgIpc) is 3.01. The van der Waals surface area contributed by atoms with Crippen molar-refractivity contribution in [1.82, 2.24) is 10.2 Å². The minimum absolute atomic E-state index is 0.137. The van der Waals surface area contributed by atoms with Gasteiger partial charge in [0.25, 0.3) is 0 Å². The number of nitrogens with zero attached hydrogens (tertiary/aromatic N) is 3. The molecule has 1 atom stereocenters. The number of phenols is 1. The fourth-order valence-electron chi connectivity index (χ4n) is 4.02. The van der Waals surface area contributed by atoms with Crippen LogP contribution in [0.4, 0.5) is 4.79 Å². The molecular formula is C27H36N4O3. The second kappa shape index (κ2) is 12.2. The number of hydrogen-bond acceptors (Lipinski definition) is 4. The van der Waals surface area contributed by atoms with Crippen molar-refractivity contribution in [3.8, 4) is 5.75 Å². The van der Waals surface area contributed by atoms with E-state index in [0.29, 0.717) is 23.9 Å². The number of allylic oxidation sites excluding steroid dienone is 5. The maximum Gasteiger partial charge on any atom is 0.407 e. The molecule has 1 aromatic rings. The zero-order valence-corrected chi connectivity index (χ0v) is 20.6. The number of aromatic hydroxyl groups is 1. The number of amides is 1. The Hall–Kier alpha value is -3.35. The Morgan fingerprint density at radius 2 is 2.12 bits per heavy atom. The molecule has 1 heterocycles. The summed E-state index contributed by atoms with van der Waals surface area (Å²) in [4.78, 5) is 23.8. The first-order valence-electron chi connectivity index (χ1n) is 12.0. The maximum absolute atomic E-state index is 11.9. The summed E-state index contributed by atoms with van der Waals surface area (Å²) in [6, 6.07) is 7.14. The van der Waals surface area contributed by atoms with Crippen molar-refractivity contribution in [2.75, 3.05) is 19.6 Å². The first-order valence-corrected chi connectivity index (χ1v) is 12.0. The number of alkyl carbamates (subject to hydrolysis) is 1. The lowest BCUT2D eigenvalue weighted by Crippen LogP contribution is -2.43. The predicted molar refractivity (Wildman–Crippen MR) is 137 cm³/mol. The van der Waals surface area contributed by atoms with Gasteiger partial charge in [0.2, 0.25) is 0 Å². The van der Waals surface area contributed by atoms with Crippen LogP contribution in [-0.2, 0) is 4.74 Å². The summed E-state index contributed by atoms with van der Waals surface area (Å²) in [5, 5.41) is 13.4. The number of aliphatic imine (C=N–C) groups is 2. The van der Waals surface area contributed by atoms with Crippen molar-refractivity contribution in [3.63, 3.8) is 0 Å². The smallest absolute Gasteiger partial charge is 0.407 e. The number of nitrogens with one attached hydrogen (secondary N) is 1. The van der Waals surface area contributed by atoms with Gasteiger partial charge in [-0.05, 0) is 77.2 Å². The van der Waals surface area contributed by atoms with Crippen LogP contribution in [-0.4, -0.2) is 53.5 Å². The first kappa shape index (κ1) is 25.3. The molecule has 2 N–H and O–H groups in total. The van der Waals surface area contributed by atoms with Gasteiger partial charge in [0.05, 0.1) is 17.4 Å². The highest BCUT2D eigenvalue weighted by Crippen LogP contribution is 2.22. The fourth-order valence-corrected chi connectivity index (χ4v) is 4.02. The van der Waals surface area contributed by atoms with Crippen LogP contribution in [0.15, 0.2) is 69.8 Å². The lowest BCUT2D eigenvalue weighted by atomic mass is 9.98. The van der Waals surface area contributed by atoms with Crippen molar-refractivity contribution in [2.24, 2.45) is 15.9 Å². The number of para-hydroxylation sites is 1. The summed E-state index contributed by atoms with van der Waals surface area (Å²) < 4.78 is 5.18. The Morgan fingerprint density at radius 3 is 2.88 bits per heavy atom. The van der Waals surface area contributed by atoms with Crippen LogP contribution in [0.2, 0.25) is 0 Å². The molecule has 2 aliphatic rings. The van der Waals surface area contributed by atoms with E-state index >= 15 is 0 Å². The van der Waals surface area contributed by atoms with E-state index in [4.69, 9.17) is 14.7 Å². The molecule has 0 aromatic heterocycles. The van der Waals surface area contributed by atoms with Crippen LogP contribution in [0.25, 0.3) is 0 Å². The Morgan fingerprint density at radius 1 is 1.32 bits per heavy atom. The Kier molecular flexibility index (Phi) is 9.08. The zero-order valence-electron chi connectivity index (χ0n) is 20.6. The fraction of sp³-hybridized carbons (Fsp3) is 0.444. The summed E-state index contributed by atoms with van der Waals surface area (Å²) in [5.74, 6) is 1.76. The van der Waals surface area contributed by atoms with Crippen molar-refractivity contribution < 1.29 is 14.6 Å². The minimum atomic E-state index is -0.374. The van der Waals surface area contributed by atoms with Crippen LogP contribution >= 0.6 is 0 Å². The Balaban J connectivity index is 1.80. The van der Waals surface area contributed by atoms with E-state index in [1.54, 1.807) is 12.1 Å². The van der Waals surface area contributed by atoms with E-state index in [0.717, 1.165) is 49.5 Å². The van der Waals surface area contributed by atoms with Crippen LogP contribution in [0, 0.1) is 5.92 Å². The van der Waals surface area contributed by atoms with E-state index in [2.05, 4.69) is 29.3 Å². The number of benzene rings is 1. The van der Waals surface area contributed by atoms with Crippen molar-refractivity contribution >= 4 is 17.8 Å². The molecule has 0 spiro atoms. The molecule has 34 heavy (non-hydrogen) atoms. The van der Waals surface area contributed by atoms with Gasteiger partial charge >= 0.3 is 6.09 Å². The molecule has 1 unspecified atom stereocenters. The van der Waals surface area contributed by atoms with Gasteiger partial charge in [-0.15, -0.1) is 0 Å². The molecule has 1 amide bonds. The molecule has 0 bridgehead atoms. The van der Waals surface area contributed by atoms with Gasteiger partial charge in [0.15, 0.2) is 5.84 Å². The highest BCUT2D eigenvalue weighted by atomic mass is 16.6. The number of rotatable bonds is 5. The summed E-state index contributed by atoms with van der Waals surface area (Å²) in [6.45, 7) is 9.94. The van der Waals surface area contributed by atoms with Crippen molar-refractivity contribution in [2.45, 2.75) is 53.1 Å². The molecule has 0 radical (unpaired) electrons. The summed E-state index contributed by atoms with van der Waals surface area (Å²) >= 11 is 0. The van der Waals surface area contributed by atoms with Crippen molar-refractivity contribution in [1.29, 1.82) is 0 Å². The number of likely N-dealkylation sites (tertiary alicyclic amines) is 1. The van der Waals surface area contributed by atoms with E-state index in [9.17, 15) is 9.90 Å². The number of carbonyl (C=O) groups is 1. The highest BCUT2D eigenvalue weighted by Gasteiger charge is 2.22. The molecular weight excluding hydrogens is 428 g/mol. The number of amidine groups is 2. The standard InChI is InChI=1S/C27H36N4O3/c1-19(2)34-27(33)28-17-22-11-9-15-31(18-22)21(4)29-26(24-13-7-8-14-25(24)32)30-23-12-6-5-10-20(3)16-23/h6-8,10,12-14,16,19,22,32H,5,9,11,15,17-18H2,1-4H3,(H,28,33). The van der Waals surface area contributed by atoms with E-state index in [1.165, 1.54) is 0 Å². The van der Waals surface area contributed by atoms with Gasteiger partial charge in [0, 0.05) is 19.6 Å². The van der Waals surface area contributed by atoms with Crippen LogP contribution < -0.4 is 5.32 Å². The van der Waals surface area contributed by atoms with E-state index in [-0.39, 0.29) is 17.9 Å². The maximum atomic E-state index is 11.9. The number of hydrogen-bond donors (Lipinski definition) is 2. The summed E-state index contributed by atoms with van der Waals surface area (Å²) in [7, 11) is 0. The zero-order chi connectivity index (χ0) is 24.5. The van der Waals surface area contributed by atoms with Crippen LogP contribution in [0.1, 0.15) is 52.5 Å². The van der Waals surface area contributed by atoms with Gasteiger partial charge in [-0.3, -0.25) is 0 Å². The molecule has 1 fully saturated rings. The van der Waals surface area contributed by atoms with Gasteiger partial charge in [-0.2, -0.15) is 0 Å². The summed E-state index contributed by atoms with van der Waals surface area (Å²) in [6.07, 6.45) is 10.6. The molecule has 1 aliphatic heterocycles. The Bertz CT molecular complexity index is 1020. The molecule has 0 saturated carbocycles. The second-order valence-electron chi connectivity index (χ2n) is 9.06. The lowest BCUT2D eigenvalue weighted by Gasteiger charge is -2.34. The molecule has 182 valence electrons. The molecule has 1 aliphatic carbocycles. The third-order valence-corrected chi connectivity index (χ3v) is 5.74. The third-order valence-electron chi connectivity index (χ3n) is 5.74. The minimum Gasteiger partial charge on any atom is -0.507 e. The largest absolute Gasteiger partial charge is 0.507 e. The number of phenolic OH excluding ortho intramolecular Hbond substituents is 1. The summed E-state index contributed by atoms with van der Waals surface area (Å²) in [5.41, 5.74) is 2.53. The highest BCUT2D eigenvalue weighted by molar-refractivity contribution is 6.08. The van der Waals surface area contributed by atoms with Crippen molar-refractivity contribution in [3.05, 3.63) is 65.4 Å². The predicted octanol–water partition coefficient (Wildman–Crippen LogP) is 5.19. The van der Waals surface area contributed by atoms with Gasteiger partial charge < -0.3 is 20.1 Å². The molecule has 1 saturated heterocycles. The first-order chi connectivity index (χ1) is 16.3. The third kappa shape index (κ3) is 7.61. The van der Waals surface area contributed by atoms with E-state index in [1.807, 2.05) is 45.1 Å². The topological polar surface area (TPSA) is 86.5 Å². The normalized spacial score (nSPS) is 19.4. The van der Waals surface area contributed by atoms with Crippen LogP contribution in [0.5, 0.6) is 5.75 Å². The number of ether oxygens (including phenoxy) is 1. The molecule has 7 heteroatoms. The molecule has 7 nitrogen and oxygen atoms in total. The number of carbonyl (C=O) groups excluding carboxylic acids is 1. The average molecular weight is 465 g/mol.